The van der Waals surface area contributed by atoms with Crippen LogP contribution in [0.3, 0.4) is 0 Å². The van der Waals surface area contributed by atoms with Crippen LogP contribution in [0.4, 0.5) is 0 Å². The molecule has 4 rings (SSSR count). The minimum Gasteiger partial charge on any atom is -0.507 e. The van der Waals surface area contributed by atoms with Crippen molar-refractivity contribution in [3.8, 4) is 11.5 Å². The zero-order valence-electron chi connectivity index (χ0n) is 20.5. The minimum atomic E-state index is -0.804. The maximum absolute atomic E-state index is 13.2. The van der Waals surface area contributed by atoms with Gasteiger partial charge in [0.05, 0.1) is 25.3 Å². The summed E-state index contributed by atoms with van der Waals surface area (Å²) < 4.78 is 11.5. The molecule has 1 amide bonds. The van der Waals surface area contributed by atoms with Gasteiger partial charge in [-0.15, -0.1) is 0 Å². The summed E-state index contributed by atoms with van der Waals surface area (Å²) in [4.78, 5) is 31.9. The van der Waals surface area contributed by atoms with Crippen molar-refractivity contribution < 1.29 is 24.2 Å². The van der Waals surface area contributed by atoms with Crippen LogP contribution in [0.1, 0.15) is 48.9 Å². The molecule has 0 aliphatic carbocycles. The second-order valence-corrected chi connectivity index (χ2v) is 8.61. The number of amides is 1. The Hall–Kier alpha value is -4.13. The smallest absolute Gasteiger partial charge is 0.295 e. The number of ketones is 1. The van der Waals surface area contributed by atoms with E-state index < -0.39 is 17.7 Å². The Bertz CT molecular complexity index is 1240. The lowest BCUT2D eigenvalue weighted by Crippen LogP contribution is -2.29. The highest BCUT2D eigenvalue weighted by atomic mass is 16.5. The van der Waals surface area contributed by atoms with Gasteiger partial charge in [0.15, 0.2) is 11.5 Å². The molecule has 186 valence electrons. The molecule has 7 heteroatoms. The summed E-state index contributed by atoms with van der Waals surface area (Å²) in [7, 11) is 1.55. The van der Waals surface area contributed by atoms with Gasteiger partial charge < -0.3 is 19.5 Å². The summed E-state index contributed by atoms with van der Waals surface area (Å²) in [5.74, 6) is -0.553. The van der Waals surface area contributed by atoms with Crippen molar-refractivity contribution in [2.24, 2.45) is 0 Å². The first-order valence-corrected chi connectivity index (χ1v) is 12.1. The number of hydrogen-bond acceptors (Lipinski definition) is 6. The molecule has 1 unspecified atom stereocenters. The first-order chi connectivity index (χ1) is 17.5. The number of carbonyl (C=O) groups excluding carboxylic acids is 2. The van der Waals surface area contributed by atoms with Crippen LogP contribution in [0.25, 0.3) is 5.76 Å². The summed E-state index contributed by atoms with van der Waals surface area (Å²) in [5, 5.41) is 11.2. The van der Waals surface area contributed by atoms with Crippen molar-refractivity contribution in [1.82, 2.24) is 9.88 Å². The van der Waals surface area contributed by atoms with Gasteiger partial charge in [0.25, 0.3) is 11.7 Å². The Morgan fingerprint density at radius 3 is 2.44 bits per heavy atom. The molecule has 0 spiro atoms. The number of aromatic nitrogens is 1. The molecular formula is C29H30N2O5. The number of carbonyl (C=O) groups is 2. The molecular weight excluding hydrogens is 456 g/mol. The number of rotatable bonds is 10. The number of nitrogens with zero attached hydrogens (tertiary/aromatic N) is 2. The number of likely N-dealkylation sites (tertiary alicyclic amines) is 1. The number of ether oxygens (including phenoxy) is 2. The van der Waals surface area contributed by atoms with Gasteiger partial charge in [-0.3, -0.25) is 14.6 Å². The average molecular weight is 487 g/mol. The van der Waals surface area contributed by atoms with Gasteiger partial charge in [-0.1, -0.05) is 56.2 Å². The van der Waals surface area contributed by atoms with Crippen molar-refractivity contribution in [3.63, 3.8) is 0 Å². The number of hydrogen-bond donors (Lipinski definition) is 1. The number of aliphatic hydroxyl groups is 1. The van der Waals surface area contributed by atoms with Crippen molar-refractivity contribution in [1.29, 1.82) is 0 Å². The minimum absolute atomic E-state index is 0.0285. The molecule has 1 aliphatic rings. The van der Waals surface area contributed by atoms with Gasteiger partial charge in [-0.25, -0.2) is 0 Å². The number of Topliss-reactive ketones (excluding diaryl/α,β-unsaturated/α-hetero) is 1. The van der Waals surface area contributed by atoms with Gasteiger partial charge >= 0.3 is 0 Å². The van der Waals surface area contributed by atoms with Crippen molar-refractivity contribution in [2.45, 2.75) is 38.8 Å². The lowest BCUT2D eigenvalue weighted by atomic mass is 9.95. The first kappa shape index (κ1) is 25.0. The van der Waals surface area contributed by atoms with Gasteiger partial charge in [0.2, 0.25) is 0 Å². The van der Waals surface area contributed by atoms with E-state index in [1.807, 2.05) is 36.4 Å². The number of benzene rings is 2. The highest BCUT2D eigenvalue weighted by molar-refractivity contribution is 6.46. The summed E-state index contributed by atoms with van der Waals surface area (Å²) >= 11 is 0. The van der Waals surface area contributed by atoms with E-state index >= 15 is 0 Å². The maximum atomic E-state index is 13.2. The van der Waals surface area contributed by atoms with Crippen LogP contribution in [0.5, 0.6) is 11.5 Å². The molecule has 1 N–H and O–H groups in total. The van der Waals surface area contributed by atoms with Crippen LogP contribution in [-0.2, 0) is 16.1 Å². The third-order valence-corrected chi connectivity index (χ3v) is 6.20. The van der Waals surface area contributed by atoms with Crippen LogP contribution < -0.4 is 9.47 Å². The standard InChI is InChI=1S/C29H30N2O5/c1-3-4-8-17-36-23-12-11-22(18-24(23)35-2)26-25(27(32)21-13-15-30-16-14-21)28(33)29(34)31(26)19-20-9-6-5-7-10-20/h5-7,9-16,18,26,32H,3-4,8,17,19H2,1-2H3. The topological polar surface area (TPSA) is 89.0 Å². The molecule has 1 saturated heterocycles. The second-order valence-electron chi connectivity index (χ2n) is 8.61. The van der Waals surface area contributed by atoms with E-state index in [0.717, 1.165) is 24.8 Å². The van der Waals surface area contributed by atoms with Gasteiger partial charge in [0.1, 0.15) is 5.76 Å². The molecule has 3 aromatic rings. The van der Waals surface area contributed by atoms with Crippen molar-refractivity contribution in [2.75, 3.05) is 13.7 Å². The molecule has 7 nitrogen and oxygen atoms in total. The molecule has 1 aliphatic heterocycles. The Balaban J connectivity index is 1.78. The van der Waals surface area contributed by atoms with Crippen LogP contribution in [0.15, 0.2) is 78.6 Å². The van der Waals surface area contributed by atoms with Crippen molar-refractivity contribution >= 4 is 17.4 Å². The summed E-state index contributed by atoms with van der Waals surface area (Å²) in [6.45, 7) is 2.91. The average Bonchev–Trinajstić information content (AvgIpc) is 3.16. The fourth-order valence-corrected chi connectivity index (χ4v) is 4.34. The molecule has 0 radical (unpaired) electrons. The fraction of sp³-hybridized carbons (Fsp3) is 0.276. The molecule has 0 saturated carbocycles. The third-order valence-electron chi connectivity index (χ3n) is 6.20. The molecule has 1 aromatic heterocycles. The molecule has 0 bridgehead atoms. The normalized spacial score (nSPS) is 16.8. The second kappa shape index (κ2) is 11.5. The maximum Gasteiger partial charge on any atom is 0.295 e. The van der Waals surface area contributed by atoms with Gasteiger partial charge in [0, 0.05) is 24.5 Å². The molecule has 2 heterocycles. The number of methoxy groups -OCH3 is 1. The monoisotopic (exact) mass is 486 g/mol. The zero-order chi connectivity index (χ0) is 25.5. The molecule has 1 atom stereocenters. The van der Waals surface area contributed by atoms with Crippen molar-refractivity contribution in [3.05, 3.63) is 95.3 Å². The van der Waals surface area contributed by atoms with Crippen LogP contribution in [0, 0.1) is 0 Å². The first-order valence-electron chi connectivity index (χ1n) is 12.1. The fourth-order valence-electron chi connectivity index (χ4n) is 4.34. The van der Waals surface area contributed by atoms with Crippen LogP contribution in [0.2, 0.25) is 0 Å². The van der Waals surface area contributed by atoms with E-state index in [0.29, 0.717) is 29.2 Å². The van der Waals surface area contributed by atoms with E-state index in [2.05, 4.69) is 11.9 Å². The molecule has 1 fully saturated rings. The zero-order valence-corrected chi connectivity index (χ0v) is 20.5. The Labute approximate surface area is 211 Å². The Morgan fingerprint density at radius 2 is 1.75 bits per heavy atom. The van der Waals surface area contributed by atoms with E-state index in [4.69, 9.17) is 9.47 Å². The van der Waals surface area contributed by atoms with Crippen LogP contribution in [-0.4, -0.2) is 40.4 Å². The summed E-state index contributed by atoms with van der Waals surface area (Å²) in [6.07, 6.45) is 6.15. The van der Waals surface area contributed by atoms with E-state index in [9.17, 15) is 14.7 Å². The predicted molar refractivity (Wildman–Crippen MR) is 137 cm³/mol. The highest BCUT2D eigenvalue weighted by Gasteiger charge is 2.46. The SMILES string of the molecule is CCCCCOc1ccc(C2C(=C(O)c3ccncc3)C(=O)C(=O)N2Cc2ccccc2)cc1OC. The summed E-state index contributed by atoms with van der Waals surface area (Å²) in [5.41, 5.74) is 1.95. The Morgan fingerprint density at radius 1 is 1.00 bits per heavy atom. The predicted octanol–water partition coefficient (Wildman–Crippen LogP) is 5.28. The number of unbranched alkanes of at least 4 members (excludes halogenated alkanes) is 2. The number of aliphatic hydroxyl groups excluding tert-OH is 1. The lowest BCUT2D eigenvalue weighted by Gasteiger charge is -2.26. The summed E-state index contributed by atoms with van der Waals surface area (Å²) in [6, 6.07) is 17.2. The van der Waals surface area contributed by atoms with Crippen LogP contribution >= 0.6 is 0 Å². The van der Waals surface area contributed by atoms with Gasteiger partial charge in [-0.05, 0) is 41.8 Å². The number of pyridine rings is 1. The van der Waals surface area contributed by atoms with E-state index in [1.165, 1.54) is 17.3 Å². The van der Waals surface area contributed by atoms with E-state index in [-0.39, 0.29) is 17.9 Å². The quantitative estimate of drug-likeness (QED) is 0.182. The van der Waals surface area contributed by atoms with Gasteiger partial charge in [-0.2, -0.15) is 0 Å². The molecule has 2 aromatic carbocycles. The van der Waals surface area contributed by atoms with E-state index in [1.54, 1.807) is 31.4 Å². The third kappa shape index (κ3) is 5.25. The highest BCUT2D eigenvalue weighted by Crippen LogP contribution is 2.42. The molecule has 36 heavy (non-hydrogen) atoms. The largest absolute Gasteiger partial charge is 0.507 e. The Kier molecular flexibility index (Phi) is 8.00. The lowest BCUT2D eigenvalue weighted by molar-refractivity contribution is -0.140.